The van der Waals surface area contributed by atoms with Crippen molar-refractivity contribution in [1.82, 2.24) is 15.5 Å². The van der Waals surface area contributed by atoms with Crippen molar-refractivity contribution in [2.45, 2.75) is 19.4 Å². The average Bonchev–Trinajstić information content (AvgIpc) is 3.11. The van der Waals surface area contributed by atoms with Crippen LogP contribution < -0.4 is 11.1 Å². The molecule has 3 aromatic rings. The van der Waals surface area contributed by atoms with Crippen molar-refractivity contribution >= 4 is 11.8 Å². The molecule has 0 aliphatic rings. The van der Waals surface area contributed by atoms with Crippen LogP contribution in [0.15, 0.2) is 54.7 Å². The monoisotopic (exact) mass is 366 g/mol. The largest absolute Gasteiger partial charge is 0.370 e. The molecule has 3 rings (SSSR count). The van der Waals surface area contributed by atoms with E-state index in [0.29, 0.717) is 0 Å². The van der Waals surface area contributed by atoms with E-state index >= 15 is 0 Å². The van der Waals surface area contributed by atoms with Gasteiger partial charge in [-0.05, 0) is 24.6 Å². The van der Waals surface area contributed by atoms with Crippen molar-refractivity contribution in [2.24, 2.45) is 5.73 Å². The molecule has 0 bridgehead atoms. The van der Waals surface area contributed by atoms with Crippen LogP contribution in [0.5, 0.6) is 0 Å². The minimum absolute atomic E-state index is 0.0539. The molecule has 0 saturated heterocycles. The van der Waals surface area contributed by atoms with Gasteiger partial charge in [0, 0.05) is 5.56 Å². The molecule has 1 aromatic heterocycles. The predicted molar refractivity (Wildman–Crippen MR) is 99.2 cm³/mol. The van der Waals surface area contributed by atoms with Gasteiger partial charge >= 0.3 is 0 Å². The van der Waals surface area contributed by atoms with Gasteiger partial charge in [0.05, 0.1) is 29.9 Å². The Morgan fingerprint density at radius 3 is 2.56 bits per heavy atom. The number of amides is 2. The lowest BCUT2D eigenvalue weighted by atomic mass is 10.0. The summed E-state index contributed by atoms with van der Waals surface area (Å²) in [6.45, 7) is 1.94. The quantitative estimate of drug-likeness (QED) is 0.625. The molecule has 0 unspecified atom stereocenters. The van der Waals surface area contributed by atoms with Crippen LogP contribution in [0.3, 0.4) is 0 Å². The van der Waals surface area contributed by atoms with Gasteiger partial charge in [-0.15, -0.1) is 0 Å². The van der Waals surface area contributed by atoms with Crippen LogP contribution in [0.25, 0.3) is 11.3 Å². The lowest BCUT2D eigenvalue weighted by molar-refractivity contribution is -0.118. The van der Waals surface area contributed by atoms with Crippen LogP contribution in [0.4, 0.5) is 4.39 Å². The van der Waals surface area contributed by atoms with Gasteiger partial charge in [-0.1, -0.05) is 42.0 Å². The molecular weight excluding hydrogens is 347 g/mol. The Balaban J connectivity index is 1.89. The van der Waals surface area contributed by atoms with Crippen molar-refractivity contribution in [1.29, 1.82) is 0 Å². The number of aryl methyl sites for hydroxylation is 1. The van der Waals surface area contributed by atoms with E-state index < -0.39 is 23.7 Å². The molecule has 27 heavy (non-hydrogen) atoms. The Morgan fingerprint density at radius 2 is 1.89 bits per heavy atom. The van der Waals surface area contributed by atoms with Gasteiger partial charge in [-0.3, -0.25) is 14.7 Å². The minimum atomic E-state index is -0.598. The molecular formula is C20H19FN4O2. The first-order valence-corrected chi connectivity index (χ1v) is 8.39. The highest BCUT2D eigenvalue weighted by Crippen LogP contribution is 2.25. The van der Waals surface area contributed by atoms with Gasteiger partial charge in [0.1, 0.15) is 5.82 Å². The number of nitrogens with zero attached hydrogens (tertiary/aromatic N) is 1. The number of carbonyl (C=O) groups excluding carboxylic acids is 2. The summed E-state index contributed by atoms with van der Waals surface area (Å²) in [6, 6.07) is 12.9. The summed E-state index contributed by atoms with van der Waals surface area (Å²) in [5.41, 5.74) is 7.84. The fourth-order valence-electron chi connectivity index (χ4n) is 2.82. The standard InChI is InChI=1S/C20H19FN4O2/c1-12-6-8-13(9-7-12)17(10-18(22)26)24-20(27)15-11-23-25-19(15)14-4-2-3-5-16(14)21/h2-9,11,17H,10H2,1H3,(H2,22,26)(H,23,25)(H,24,27)/t17-/m0/s1. The molecule has 4 N–H and O–H groups in total. The summed E-state index contributed by atoms with van der Waals surface area (Å²) in [6.07, 6.45) is 1.27. The summed E-state index contributed by atoms with van der Waals surface area (Å²) >= 11 is 0. The zero-order valence-electron chi connectivity index (χ0n) is 14.7. The summed E-state index contributed by atoms with van der Waals surface area (Å²) < 4.78 is 14.1. The third-order valence-electron chi connectivity index (χ3n) is 4.22. The fourth-order valence-corrected chi connectivity index (χ4v) is 2.82. The van der Waals surface area contributed by atoms with Crippen molar-refractivity contribution in [3.63, 3.8) is 0 Å². The number of nitrogens with one attached hydrogen (secondary N) is 2. The third kappa shape index (κ3) is 4.20. The van der Waals surface area contributed by atoms with Gasteiger partial charge in [0.25, 0.3) is 5.91 Å². The van der Waals surface area contributed by atoms with Crippen LogP contribution in [-0.2, 0) is 4.79 Å². The van der Waals surface area contributed by atoms with Gasteiger partial charge < -0.3 is 11.1 Å². The Bertz CT molecular complexity index is 966. The van der Waals surface area contributed by atoms with E-state index in [1.54, 1.807) is 18.2 Å². The summed E-state index contributed by atoms with van der Waals surface area (Å²) in [5.74, 6) is -1.49. The number of primary amides is 1. The van der Waals surface area contributed by atoms with Gasteiger partial charge in [0.15, 0.2) is 0 Å². The van der Waals surface area contributed by atoms with E-state index in [0.717, 1.165) is 11.1 Å². The first-order chi connectivity index (χ1) is 13.0. The maximum absolute atomic E-state index is 14.1. The van der Waals surface area contributed by atoms with Crippen molar-refractivity contribution in [3.05, 3.63) is 77.2 Å². The normalized spacial score (nSPS) is 11.8. The second kappa shape index (κ2) is 7.82. The second-order valence-corrected chi connectivity index (χ2v) is 6.25. The number of rotatable bonds is 6. The van der Waals surface area contributed by atoms with Gasteiger partial charge in [-0.2, -0.15) is 5.10 Å². The lowest BCUT2D eigenvalue weighted by Crippen LogP contribution is -2.32. The number of hydrogen-bond acceptors (Lipinski definition) is 3. The van der Waals surface area contributed by atoms with E-state index in [4.69, 9.17) is 5.73 Å². The molecule has 0 radical (unpaired) electrons. The second-order valence-electron chi connectivity index (χ2n) is 6.25. The average molecular weight is 366 g/mol. The number of H-pyrrole nitrogens is 1. The SMILES string of the molecule is Cc1ccc([C@H](CC(N)=O)NC(=O)c2cn[nH]c2-c2ccccc2F)cc1. The molecule has 7 heteroatoms. The summed E-state index contributed by atoms with van der Waals surface area (Å²) in [5, 5.41) is 9.33. The Morgan fingerprint density at radius 1 is 1.19 bits per heavy atom. The molecule has 2 amide bonds. The highest BCUT2D eigenvalue weighted by atomic mass is 19.1. The van der Waals surface area contributed by atoms with Crippen molar-refractivity contribution < 1.29 is 14.0 Å². The lowest BCUT2D eigenvalue weighted by Gasteiger charge is -2.18. The van der Waals surface area contributed by atoms with Crippen molar-refractivity contribution in [2.75, 3.05) is 0 Å². The maximum Gasteiger partial charge on any atom is 0.255 e. The topological polar surface area (TPSA) is 101 Å². The number of aromatic amines is 1. The molecule has 0 spiro atoms. The zero-order valence-corrected chi connectivity index (χ0v) is 14.7. The minimum Gasteiger partial charge on any atom is -0.370 e. The number of nitrogens with two attached hydrogens (primary N) is 1. The van der Waals surface area contributed by atoms with E-state index in [-0.39, 0.29) is 23.2 Å². The molecule has 0 aliphatic heterocycles. The molecule has 6 nitrogen and oxygen atoms in total. The van der Waals surface area contributed by atoms with Crippen LogP contribution >= 0.6 is 0 Å². The number of aromatic nitrogens is 2. The first kappa shape index (κ1) is 18.3. The number of carbonyl (C=O) groups is 2. The highest BCUT2D eigenvalue weighted by Gasteiger charge is 2.22. The molecule has 0 fully saturated rings. The molecule has 1 atom stereocenters. The molecule has 0 saturated carbocycles. The van der Waals surface area contributed by atoms with Crippen LogP contribution in [0.2, 0.25) is 0 Å². The van der Waals surface area contributed by atoms with E-state index in [1.807, 2.05) is 31.2 Å². The fraction of sp³-hybridized carbons (Fsp3) is 0.150. The Kier molecular flexibility index (Phi) is 5.30. The van der Waals surface area contributed by atoms with Gasteiger partial charge in [0.2, 0.25) is 5.91 Å². The van der Waals surface area contributed by atoms with Crippen LogP contribution in [-0.4, -0.2) is 22.0 Å². The van der Waals surface area contributed by atoms with E-state index in [2.05, 4.69) is 15.5 Å². The Hall–Kier alpha value is -3.48. The van der Waals surface area contributed by atoms with E-state index in [1.165, 1.54) is 12.3 Å². The number of halogens is 1. The van der Waals surface area contributed by atoms with Crippen LogP contribution in [0.1, 0.15) is 33.9 Å². The highest BCUT2D eigenvalue weighted by molar-refractivity contribution is 6.00. The number of hydrogen-bond donors (Lipinski definition) is 3. The molecule has 2 aromatic carbocycles. The van der Waals surface area contributed by atoms with E-state index in [9.17, 15) is 14.0 Å². The van der Waals surface area contributed by atoms with Crippen LogP contribution in [0, 0.1) is 12.7 Å². The zero-order chi connectivity index (χ0) is 19.4. The molecule has 0 aliphatic carbocycles. The summed E-state index contributed by atoms with van der Waals surface area (Å²) in [4.78, 5) is 24.3. The molecule has 1 heterocycles. The summed E-state index contributed by atoms with van der Waals surface area (Å²) in [7, 11) is 0. The predicted octanol–water partition coefficient (Wildman–Crippen LogP) is 2.87. The van der Waals surface area contributed by atoms with Gasteiger partial charge in [-0.25, -0.2) is 4.39 Å². The Labute approximate surface area is 155 Å². The first-order valence-electron chi connectivity index (χ1n) is 8.39. The molecule has 138 valence electrons. The third-order valence-corrected chi connectivity index (χ3v) is 4.22. The maximum atomic E-state index is 14.1. The number of benzene rings is 2. The van der Waals surface area contributed by atoms with Crippen molar-refractivity contribution in [3.8, 4) is 11.3 Å². The smallest absolute Gasteiger partial charge is 0.255 e.